The molecule has 1 fully saturated rings. The molecule has 1 atom stereocenters. The van der Waals surface area contributed by atoms with Gasteiger partial charge >= 0.3 is 0 Å². The van der Waals surface area contributed by atoms with Crippen molar-refractivity contribution in [3.63, 3.8) is 0 Å². The van der Waals surface area contributed by atoms with Crippen molar-refractivity contribution in [2.24, 2.45) is 0 Å². The molecular formula is C16H13F2N5O3S. The van der Waals surface area contributed by atoms with Crippen molar-refractivity contribution in [2.75, 3.05) is 13.1 Å². The van der Waals surface area contributed by atoms with Crippen molar-refractivity contribution >= 4 is 10.0 Å². The van der Waals surface area contributed by atoms with Crippen molar-refractivity contribution in [3.8, 4) is 11.6 Å². The van der Waals surface area contributed by atoms with E-state index in [1.165, 1.54) is 22.9 Å². The largest absolute Gasteiger partial charge is 0.419 e. The Morgan fingerprint density at radius 2 is 2.00 bits per heavy atom. The molecular weight excluding hydrogens is 380 g/mol. The molecule has 3 heterocycles. The summed E-state index contributed by atoms with van der Waals surface area (Å²) in [6.45, 7) is 0.304. The fourth-order valence-corrected chi connectivity index (χ4v) is 4.36. The third-order valence-electron chi connectivity index (χ3n) is 4.25. The van der Waals surface area contributed by atoms with Crippen LogP contribution in [0.1, 0.15) is 18.2 Å². The molecule has 0 N–H and O–H groups in total. The molecule has 11 heteroatoms. The molecule has 3 aromatic rings. The highest BCUT2D eigenvalue weighted by Gasteiger charge is 2.36. The lowest BCUT2D eigenvalue weighted by Crippen LogP contribution is -2.28. The highest BCUT2D eigenvalue weighted by Crippen LogP contribution is 2.31. The lowest BCUT2D eigenvalue weighted by Gasteiger charge is -2.16. The number of halogens is 2. The topological polar surface area (TPSA) is 102 Å². The van der Waals surface area contributed by atoms with Crippen LogP contribution in [0.5, 0.6) is 0 Å². The summed E-state index contributed by atoms with van der Waals surface area (Å²) in [6, 6.07) is 2.51. The molecule has 8 nitrogen and oxygen atoms in total. The summed E-state index contributed by atoms with van der Waals surface area (Å²) in [7, 11) is -3.95. The van der Waals surface area contributed by atoms with Crippen molar-refractivity contribution in [1.82, 2.24) is 24.5 Å². The molecule has 4 rings (SSSR count). The fourth-order valence-electron chi connectivity index (χ4n) is 2.85. The van der Waals surface area contributed by atoms with Crippen molar-refractivity contribution in [3.05, 3.63) is 54.3 Å². The van der Waals surface area contributed by atoms with E-state index in [0.29, 0.717) is 24.1 Å². The van der Waals surface area contributed by atoms with Gasteiger partial charge in [-0.3, -0.25) is 4.98 Å². The van der Waals surface area contributed by atoms with Crippen LogP contribution in [-0.4, -0.2) is 46.0 Å². The Hall–Kier alpha value is -2.79. The number of hydrogen-bond acceptors (Lipinski definition) is 7. The molecule has 1 saturated heterocycles. The van der Waals surface area contributed by atoms with E-state index in [2.05, 4.69) is 20.2 Å². The molecule has 0 saturated carbocycles. The van der Waals surface area contributed by atoms with Gasteiger partial charge in [0.05, 0.1) is 17.0 Å². The van der Waals surface area contributed by atoms with Gasteiger partial charge in [-0.25, -0.2) is 22.2 Å². The Morgan fingerprint density at radius 3 is 2.74 bits per heavy atom. The number of aromatic nitrogens is 4. The molecule has 1 aromatic carbocycles. The zero-order valence-corrected chi connectivity index (χ0v) is 14.6. The van der Waals surface area contributed by atoms with Crippen molar-refractivity contribution < 1.29 is 21.6 Å². The van der Waals surface area contributed by atoms with E-state index in [0.717, 1.165) is 12.1 Å². The minimum atomic E-state index is -3.95. The van der Waals surface area contributed by atoms with Gasteiger partial charge in [-0.15, -0.1) is 10.2 Å². The summed E-state index contributed by atoms with van der Waals surface area (Å²) in [5, 5.41) is 7.89. The average Bonchev–Trinajstić information content (AvgIpc) is 3.34. The van der Waals surface area contributed by atoms with Crippen LogP contribution >= 0.6 is 0 Å². The first-order valence-corrected chi connectivity index (χ1v) is 9.44. The van der Waals surface area contributed by atoms with E-state index in [9.17, 15) is 17.2 Å². The zero-order chi connectivity index (χ0) is 19.0. The lowest BCUT2D eigenvalue weighted by atomic mass is 10.1. The lowest BCUT2D eigenvalue weighted by molar-refractivity contribution is 0.438. The number of benzene rings is 1. The van der Waals surface area contributed by atoms with Crippen LogP contribution in [0.25, 0.3) is 11.6 Å². The number of nitrogens with zero attached hydrogens (tertiary/aromatic N) is 5. The fraction of sp³-hybridized carbons (Fsp3) is 0.250. The maximum Gasteiger partial charge on any atom is 0.267 e. The van der Waals surface area contributed by atoms with Crippen molar-refractivity contribution in [1.29, 1.82) is 0 Å². The van der Waals surface area contributed by atoms with E-state index >= 15 is 0 Å². The normalized spacial score (nSPS) is 18.1. The minimum absolute atomic E-state index is 0.101. The molecule has 0 unspecified atom stereocenters. The van der Waals surface area contributed by atoms with Crippen LogP contribution in [0.4, 0.5) is 8.78 Å². The quantitative estimate of drug-likeness (QED) is 0.668. The summed E-state index contributed by atoms with van der Waals surface area (Å²) in [4.78, 5) is 7.69. The van der Waals surface area contributed by atoms with Gasteiger partial charge in [0.2, 0.25) is 15.9 Å². The third-order valence-corrected chi connectivity index (χ3v) is 6.11. The summed E-state index contributed by atoms with van der Waals surface area (Å²) in [5.74, 6) is -2.13. The van der Waals surface area contributed by atoms with Gasteiger partial charge in [-0.1, -0.05) is 0 Å². The van der Waals surface area contributed by atoms with Crippen LogP contribution in [0.3, 0.4) is 0 Å². The van der Waals surface area contributed by atoms with Crippen LogP contribution in [0.2, 0.25) is 0 Å². The Balaban J connectivity index is 1.53. The van der Waals surface area contributed by atoms with Gasteiger partial charge < -0.3 is 4.42 Å². The maximum absolute atomic E-state index is 13.4. The molecule has 1 aliphatic heterocycles. The summed E-state index contributed by atoms with van der Waals surface area (Å²) in [6.07, 6.45) is 4.94. The molecule has 27 heavy (non-hydrogen) atoms. The zero-order valence-electron chi connectivity index (χ0n) is 13.8. The smallest absolute Gasteiger partial charge is 0.267 e. The molecule has 0 bridgehead atoms. The Morgan fingerprint density at radius 1 is 1.15 bits per heavy atom. The predicted octanol–water partition coefficient (Wildman–Crippen LogP) is 1.98. The predicted molar refractivity (Wildman–Crippen MR) is 87.8 cm³/mol. The monoisotopic (exact) mass is 393 g/mol. The number of rotatable bonds is 4. The van der Waals surface area contributed by atoms with E-state index in [-0.39, 0.29) is 29.8 Å². The second-order valence-electron chi connectivity index (χ2n) is 5.96. The van der Waals surface area contributed by atoms with Gasteiger partial charge in [0.15, 0.2) is 11.6 Å². The summed E-state index contributed by atoms with van der Waals surface area (Å²) < 4.78 is 58.6. The van der Waals surface area contributed by atoms with E-state index in [1.54, 1.807) is 0 Å². The maximum atomic E-state index is 13.4. The molecule has 0 radical (unpaired) electrons. The van der Waals surface area contributed by atoms with Gasteiger partial charge in [0.25, 0.3) is 5.89 Å². The number of sulfonamides is 1. The van der Waals surface area contributed by atoms with Crippen molar-refractivity contribution in [2.45, 2.75) is 17.2 Å². The van der Waals surface area contributed by atoms with Gasteiger partial charge in [0, 0.05) is 25.5 Å². The van der Waals surface area contributed by atoms with Crippen LogP contribution in [0, 0.1) is 11.6 Å². The van der Waals surface area contributed by atoms with Gasteiger partial charge in [-0.05, 0) is 24.6 Å². The molecule has 1 aliphatic rings. The summed E-state index contributed by atoms with van der Waals surface area (Å²) >= 11 is 0. The Labute approximate surface area is 152 Å². The average molecular weight is 393 g/mol. The SMILES string of the molecule is O=S(=O)(c1ccc(F)c(F)c1)N1CC[C@H](c2nnc(-c3cnccn3)o2)C1. The molecule has 140 valence electrons. The summed E-state index contributed by atoms with van der Waals surface area (Å²) in [5.41, 5.74) is 0.417. The van der Waals surface area contributed by atoms with Gasteiger partial charge in [-0.2, -0.15) is 4.31 Å². The highest BCUT2D eigenvalue weighted by atomic mass is 32.2. The van der Waals surface area contributed by atoms with Crippen LogP contribution < -0.4 is 0 Å². The molecule has 2 aromatic heterocycles. The second-order valence-corrected chi connectivity index (χ2v) is 7.90. The molecule has 0 spiro atoms. The Kier molecular flexibility index (Phi) is 4.40. The van der Waals surface area contributed by atoms with E-state index in [1.807, 2.05) is 0 Å². The second kappa shape index (κ2) is 6.74. The molecule has 0 amide bonds. The highest BCUT2D eigenvalue weighted by molar-refractivity contribution is 7.89. The standard InChI is InChI=1S/C16H13F2N5O3S/c17-12-2-1-11(7-13(12)18)27(24,25)23-6-3-10(9-23)15-21-22-16(26-15)14-8-19-4-5-20-14/h1-2,4-5,7-8,10H,3,6,9H2/t10-/m0/s1. The number of hydrogen-bond donors (Lipinski definition) is 0. The van der Waals surface area contributed by atoms with Crippen LogP contribution in [0.15, 0.2) is 46.1 Å². The first kappa shape index (κ1) is 17.6. The molecule has 0 aliphatic carbocycles. The minimum Gasteiger partial charge on any atom is -0.419 e. The van der Waals surface area contributed by atoms with Crippen LogP contribution in [-0.2, 0) is 10.0 Å². The van der Waals surface area contributed by atoms with E-state index in [4.69, 9.17) is 4.42 Å². The van der Waals surface area contributed by atoms with E-state index < -0.39 is 21.7 Å². The van der Waals surface area contributed by atoms with Gasteiger partial charge in [0.1, 0.15) is 5.69 Å². The first-order chi connectivity index (χ1) is 12.9. The first-order valence-electron chi connectivity index (χ1n) is 8.00. The Bertz CT molecular complexity index is 1070. The third kappa shape index (κ3) is 3.30.